The zero-order chi connectivity index (χ0) is 15.0. The van der Waals surface area contributed by atoms with E-state index in [0.717, 1.165) is 30.5 Å². The molecule has 1 aromatic rings. The fourth-order valence-corrected chi connectivity index (χ4v) is 2.73. The van der Waals surface area contributed by atoms with Crippen LogP contribution in [0.15, 0.2) is 24.3 Å². The molecule has 1 rings (SSSR count). The Labute approximate surface area is 129 Å². The van der Waals surface area contributed by atoms with Gasteiger partial charge in [0.2, 0.25) is 0 Å². The van der Waals surface area contributed by atoms with Crippen molar-refractivity contribution in [2.75, 3.05) is 20.1 Å². The molecular formula is C17H29ClN2. The van der Waals surface area contributed by atoms with Gasteiger partial charge in [0.15, 0.2) is 0 Å². The van der Waals surface area contributed by atoms with Crippen molar-refractivity contribution < 1.29 is 0 Å². The highest BCUT2D eigenvalue weighted by Crippen LogP contribution is 2.22. The molecule has 0 saturated heterocycles. The van der Waals surface area contributed by atoms with Gasteiger partial charge in [0.25, 0.3) is 0 Å². The summed E-state index contributed by atoms with van der Waals surface area (Å²) >= 11 is 5.94. The van der Waals surface area contributed by atoms with Crippen LogP contribution in [0.1, 0.15) is 51.1 Å². The van der Waals surface area contributed by atoms with Crippen LogP contribution >= 0.6 is 11.6 Å². The number of hydrogen-bond donors (Lipinski definition) is 1. The molecule has 0 aliphatic carbocycles. The first kappa shape index (κ1) is 17.5. The Morgan fingerprint density at radius 3 is 2.40 bits per heavy atom. The predicted molar refractivity (Wildman–Crippen MR) is 89.2 cm³/mol. The summed E-state index contributed by atoms with van der Waals surface area (Å²) in [6.45, 7) is 6.46. The second kappa shape index (κ2) is 9.38. The lowest BCUT2D eigenvalue weighted by Gasteiger charge is -2.26. The van der Waals surface area contributed by atoms with E-state index in [1.165, 1.54) is 24.8 Å². The standard InChI is InChI=1S/C17H29ClN2/c1-4-15(11-12-19)6-5-13-20(3)14(2)16-7-9-17(18)10-8-16/h7-10,14-15H,4-6,11-13,19H2,1-3H3. The summed E-state index contributed by atoms with van der Waals surface area (Å²) in [6.07, 6.45) is 4.93. The quantitative estimate of drug-likeness (QED) is 0.727. The van der Waals surface area contributed by atoms with E-state index in [0.29, 0.717) is 6.04 Å². The number of hydrogen-bond acceptors (Lipinski definition) is 2. The van der Waals surface area contributed by atoms with E-state index in [1.807, 2.05) is 12.1 Å². The van der Waals surface area contributed by atoms with E-state index in [-0.39, 0.29) is 0 Å². The van der Waals surface area contributed by atoms with E-state index >= 15 is 0 Å². The van der Waals surface area contributed by atoms with Gasteiger partial charge >= 0.3 is 0 Å². The number of rotatable bonds is 9. The first-order valence-electron chi connectivity index (χ1n) is 7.74. The van der Waals surface area contributed by atoms with Gasteiger partial charge in [0, 0.05) is 11.1 Å². The van der Waals surface area contributed by atoms with Crippen molar-refractivity contribution in [3.05, 3.63) is 34.9 Å². The average molecular weight is 297 g/mol. The van der Waals surface area contributed by atoms with E-state index in [4.69, 9.17) is 17.3 Å². The van der Waals surface area contributed by atoms with Crippen molar-refractivity contribution in [2.45, 2.75) is 45.6 Å². The Hall–Kier alpha value is -0.570. The molecule has 2 unspecified atom stereocenters. The fraction of sp³-hybridized carbons (Fsp3) is 0.647. The van der Waals surface area contributed by atoms with Gasteiger partial charge in [-0.2, -0.15) is 0 Å². The highest BCUT2D eigenvalue weighted by molar-refractivity contribution is 6.30. The van der Waals surface area contributed by atoms with Gasteiger partial charge in [-0.25, -0.2) is 0 Å². The maximum Gasteiger partial charge on any atom is 0.0406 e. The van der Waals surface area contributed by atoms with Crippen LogP contribution in [0, 0.1) is 5.92 Å². The number of nitrogens with zero attached hydrogens (tertiary/aromatic N) is 1. The Balaban J connectivity index is 2.38. The fourth-order valence-electron chi connectivity index (χ4n) is 2.61. The minimum Gasteiger partial charge on any atom is -0.330 e. The molecule has 0 bridgehead atoms. The molecule has 0 aliphatic heterocycles. The molecule has 2 atom stereocenters. The molecule has 0 amide bonds. The van der Waals surface area contributed by atoms with Gasteiger partial charge in [-0.3, -0.25) is 4.90 Å². The molecule has 2 nitrogen and oxygen atoms in total. The summed E-state index contributed by atoms with van der Waals surface area (Å²) in [5, 5.41) is 0.802. The third-order valence-electron chi connectivity index (χ3n) is 4.29. The van der Waals surface area contributed by atoms with Gasteiger partial charge in [0.05, 0.1) is 0 Å². The van der Waals surface area contributed by atoms with Crippen molar-refractivity contribution >= 4 is 11.6 Å². The van der Waals surface area contributed by atoms with Crippen molar-refractivity contribution in [2.24, 2.45) is 11.7 Å². The zero-order valence-corrected chi connectivity index (χ0v) is 13.9. The van der Waals surface area contributed by atoms with Crippen LogP contribution in [0.5, 0.6) is 0 Å². The predicted octanol–water partition coefficient (Wildman–Crippen LogP) is 4.49. The second-order valence-electron chi connectivity index (χ2n) is 5.70. The second-order valence-corrected chi connectivity index (χ2v) is 6.14. The van der Waals surface area contributed by atoms with Crippen LogP contribution in [0.4, 0.5) is 0 Å². The van der Waals surface area contributed by atoms with Crippen LogP contribution < -0.4 is 5.73 Å². The van der Waals surface area contributed by atoms with E-state index in [1.54, 1.807) is 0 Å². The minimum atomic E-state index is 0.432. The molecule has 0 saturated carbocycles. The molecule has 114 valence electrons. The lowest BCUT2D eigenvalue weighted by molar-refractivity contribution is 0.247. The summed E-state index contributed by atoms with van der Waals surface area (Å²) in [7, 11) is 2.20. The van der Waals surface area contributed by atoms with E-state index in [9.17, 15) is 0 Å². The summed E-state index contributed by atoms with van der Waals surface area (Å²) in [4.78, 5) is 2.42. The summed E-state index contributed by atoms with van der Waals surface area (Å²) in [5.74, 6) is 0.791. The number of halogens is 1. The van der Waals surface area contributed by atoms with Crippen molar-refractivity contribution in [3.63, 3.8) is 0 Å². The third kappa shape index (κ3) is 5.82. The molecular weight excluding hydrogens is 268 g/mol. The Morgan fingerprint density at radius 2 is 1.85 bits per heavy atom. The van der Waals surface area contributed by atoms with Crippen LogP contribution in [0.25, 0.3) is 0 Å². The molecule has 0 aromatic heterocycles. The maximum absolute atomic E-state index is 5.94. The molecule has 3 heteroatoms. The highest BCUT2D eigenvalue weighted by atomic mass is 35.5. The lowest BCUT2D eigenvalue weighted by Crippen LogP contribution is -2.24. The normalized spacial score (nSPS) is 14.5. The topological polar surface area (TPSA) is 29.3 Å². The van der Waals surface area contributed by atoms with Crippen LogP contribution in [-0.4, -0.2) is 25.0 Å². The van der Waals surface area contributed by atoms with Gasteiger partial charge in [0.1, 0.15) is 0 Å². The van der Waals surface area contributed by atoms with Gasteiger partial charge in [-0.1, -0.05) is 37.1 Å². The Bertz CT molecular complexity index is 364. The highest BCUT2D eigenvalue weighted by Gasteiger charge is 2.12. The monoisotopic (exact) mass is 296 g/mol. The largest absolute Gasteiger partial charge is 0.330 e. The molecule has 2 N–H and O–H groups in total. The molecule has 0 heterocycles. The van der Waals surface area contributed by atoms with Crippen molar-refractivity contribution in [1.29, 1.82) is 0 Å². The lowest BCUT2D eigenvalue weighted by atomic mass is 9.96. The minimum absolute atomic E-state index is 0.432. The third-order valence-corrected chi connectivity index (χ3v) is 4.54. The number of nitrogens with two attached hydrogens (primary N) is 1. The summed E-state index contributed by atoms with van der Waals surface area (Å²) in [6, 6.07) is 8.60. The molecule has 0 aliphatic rings. The summed E-state index contributed by atoms with van der Waals surface area (Å²) in [5.41, 5.74) is 6.98. The smallest absolute Gasteiger partial charge is 0.0406 e. The molecule has 0 fully saturated rings. The van der Waals surface area contributed by atoms with Crippen molar-refractivity contribution in [3.8, 4) is 0 Å². The first-order valence-corrected chi connectivity index (χ1v) is 8.12. The molecule has 1 aromatic carbocycles. The van der Waals surface area contributed by atoms with Crippen molar-refractivity contribution in [1.82, 2.24) is 4.90 Å². The molecule has 0 spiro atoms. The summed E-state index contributed by atoms with van der Waals surface area (Å²) < 4.78 is 0. The molecule has 0 radical (unpaired) electrons. The van der Waals surface area contributed by atoms with Crippen LogP contribution in [0.3, 0.4) is 0 Å². The number of benzene rings is 1. The average Bonchev–Trinajstić information content (AvgIpc) is 2.46. The Kier molecular flexibility index (Phi) is 8.20. The van der Waals surface area contributed by atoms with Gasteiger partial charge < -0.3 is 5.73 Å². The SMILES string of the molecule is CCC(CCN)CCCN(C)C(C)c1ccc(Cl)cc1. The molecule has 20 heavy (non-hydrogen) atoms. The van der Waals surface area contributed by atoms with Crippen LogP contribution in [0.2, 0.25) is 5.02 Å². The maximum atomic E-state index is 5.94. The van der Waals surface area contributed by atoms with Gasteiger partial charge in [-0.15, -0.1) is 0 Å². The van der Waals surface area contributed by atoms with E-state index in [2.05, 4.69) is 37.9 Å². The van der Waals surface area contributed by atoms with E-state index < -0.39 is 0 Å². The zero-order valence-electron chi connectivity index (χ0n) is 13.1. The van der Waals surface area contributed by atoms with Crippen LogP contribution in [-0.2, 0) is 0 Å². The first-order chi connectivity index (χ1) is 9.58. The van der Waals surface area contributed by atoms with Gasteiger partial charge in [-0.05, 0) is 69.9 Å². The Morgan fingerprint density at radius 1 is 1.20 bits per heavy atom.